The summed E-state index contributed by atoms with van der Waals surface area (Å²) in [5.74, 6) is 0.980. The topological polar surface area (TPSA) is 119 Å². The first-order valence-electron chi connectivity index (χ1n) is 12.9. The lowest BCUT2D eigenvalue weighted by atomic mass is 10.0. The molecule has 2 amide bonds. The number of aromatic nitrogens is 4. The van der Waals surface area contributed by atoms with Gasteiger partial charge in [0.25, 0.3) is 0 Å². The number of carbonyl (C=O) groups is 2. The number of hydrogen-bond acceptors (Lipinski definition) is 8. The van der Waals surface area contributed by atoms with Gasteiger partial charge in [0.1, 0.15) is 18.3 Å². The quantitative estimate of drug-likeness (QED) is 0.454. The van der Waals surface area contributed by atoms with Crippen molar-refractivity contribution in [3.05, 3.63) is 53.3 Å². The molecule has 0 spiro atoms. The molecular weight excluding hydrogens is 486 g/mol. The van der Waals surface area contributed by atoms with Crippen molar-refractivity contribution in [2.45, 2.75) is 52.7 Å². The van der Waals surface area contributed by atoms with Crippen LogP contribution in [0.4, 0.5) is 0 Å². The molecule has 1 saturated heterocycles. The van der Waals surface area contributed by atoms with E-state index in [9.17, 15) is 9.59 Å². The van der Waals surface area contributed by atoms with Gasteiger partial charge in [-0.2, -0.15) is 4.80 Å². The van der Waals surface area contributed by atoms with E-state index in [1.807, 2.05) is 65.0 Å². The number of ether oxygens (including phenoxy) is 1. The van der Waals surface area contributed by atoms with Crippen LogP contribution in [0.5, 0.6) is 0 Å². The zero-order valence-corrected chi connectivity index (χ0v) is 22.8. The lowest BCUT2D eigenvalue weighted by molar-refractivity contribution is -0.142. The van der Waals surface area contributed by atoms with Gasteiger partial charge in [-0.05, 0) is 57.5 Å². The highest BCUT2D eigenvalue weighted by atomic mass is 16.5. The summed E-state index contributed by atoms with van der Waals surface area (Å²) in [6.07, 6.45) is 0. The molecule has 1 aliphatic rings. The monoisotopic (exact) mass is 523 g/mol. The molecule has 3 heterocycles. The molecule has 38 heavy (non-hydrogen) atoms. The molecule has 3 aromatic rings. The van der Waals surface area contributed by atoms with Crippen LogP contribution in [-0.2, 0) is 20.9 Å². The van der Waals surface area contributed by atoms with Crippen LogP contribution in [0.15, 0.2) is 40.8 Å². The predicted octanol–water partition coefficient (Wildman–Crippen LogP) is 2.37. The van der Waals surface area contributed by atoms with E-state index in [0.717, 1.165) is 30.0 Å². The number of nitrogens with one attached hydrogen (secondary N) is 1. The Kier molecular flexibility index (Phi) is 8.58. The van der Waals surface area contributed by atoms with Crippen LogP contribution in [-0.4, -0.2) is 86.8 Å². The fourth-order valence-corrected chi connectivity index (χ4v) is 4.31. The molecule has 1 atom stereocenters. The minimum atomic E-state index is -0.820. The van der Waals surface area contributed by atoms with Crippen molar-refractivity contribution < 1.29 is 18.7 Å². The van der Waals surface area contributed by atoms with Gasteiger partial charge in [-0.15, -0.1) is 10.2 Å². The first-order chi connectivity index (χ1) is 18.1. The van der Waals surface area contributed by atoms with Crippen molar-refractivity contribution >= 4 is 11.8 Å². The van der Waals surface area contributed by atoms with Crippen molar-refractivity contribution in [2.75, 3.05) is 39.4 Å². The third-order valence-corrected chi connectivity index (χ3v) is 6.22. The second kappa shape index (κ2) is 11.9. The molecule has 0 unspecified atom stereocenters. The van der Waals surface area contributed by atoms with Crippen LogP contribution in [0.1, 0.15) is 43.7 Å². The van der Waals surface area contributed by atoms with Crippen molar-refractivity contribution in [1.82, 2.24) is 35.3 Å². The maximum atomic E-state index is 13.8. The van der Waals surface area contributed by atoms with Crippen LogP contribution in [0.2, 0.25) is 0 Å². The fraction of sp³-hybridized carbons (Fsp3) is 0.519. The number of tetrazole rings is 1. The Morgan fingerprint density at radius 1 is 1.08 bits per heavy atom. The smallest absolute Gasteiger partial charge is 0.247 e. The number of morpholine rings is 1. The summed E-state index contributed by atoms with van der Waals surface area (Å²) in [5, 5.41) is 15.5. The molecule has 11 heteroatoms. The number of nitrogens with zero attached hydrogens (tertiary/aromatic N) is 6. The van der Waals surface area contributed by atoms with Crippen LogP contribution < -0.4 is 5.32 Å². The summed E-state index contributed by atoms with van der Waals surface area (Å²) in [5.41, 5.74) is 1.34. The zero-order valence-electron chi connectivity index (χ0n) is 22.8. The molecule has 11 nitrogen and oxygen atoms in total. The molecule has 1 aliphatic heterocycles. The molecule has 0 bridgehead atoms. The maximum absolute atomic E-state index is 13.8. The average Bonchev–Trinajstić information content (AvgIpc) is 3.51. The van der Waals surface area contributed by atoms with E-state index in [4.69, 9.17) is 9.15 Å². The van der Waals surface area contributed by atoms with E-state index in [0.29, 0.717) is 37.9 Å². The van der Waals surface area contributed by atoms with E-state index in [1.165, 1.54) is 4.80 Å². The summed E-state index contributed by atoms with van der Waals surface area (Å²) >= 11 is 0. The van der Waals surface area contributed by atoms with Crippen molar-refractivity contribution in [3.8, 4) is 11.6 Å². The Morgan fingerprint density at radius 3 is 2.42 bits per heavy atom. The van der Waals surface area contributed by atoms with Gasteiger partial charge in [0.05, 0.1) is 13.2 Å². The number of rotatable bonds is 9. The average molecular weight is 524 g/mol. The van der Waals surface area contributed by atoms with Gasteiger partial charge in [0, 0.05) is 31.7 Å². The van der Waals surface area contributed by atoms with Gasteiger partial charge in [-0.25, -0.2) is 0 Å². The Bertz CT molecular complexity index is 1220. The predicted molar refractivity (Wildman–Crippen MR) is 141 cm³/mol. The Labute approximate surface area is 223 Å². The normalized spacial score (nSPS) is 15.3. The minimum Gasteiger partial charge on any atom is -0.458 e. The number of carbonyl (C=O) groups excluding carboxylic acids is 2. The Morgan fingerprint density at radius 2 is 1.79 bits per heavy atom. The standard InChI is InChI=1S/C27H37N7O4/c1-19-6-9-21(10-7-19)24(26(36)28-27(3,4)5)33(13-12-32-14-16-37-17-15-32)23(35)18-34-30-25(29-31-34)22-11-8-20(2)38-22/h6-11,24H,12-18H2,1-5H3,(H,28,36)/t24-/m0/s1. The number of aryl methyl sites for hydroxylation is 2. The SMILES string of the molecule is Cc1ccc([C@@H](C(=O)NC(C)(C)C)N(CCN2CCOCC2)C(=O)Cn2nnc(-c3ccc(C)o3)n2)cc1. The largest absolute Gasteiger partial charge is 0.458 e. The first kappa shape index (κ1) is 27.5. The molecular formula is C27H37N7O4. The number of benzene rings is 1. The van der Waals surface area contributed by atoms with Crippen molar-refractivity contribution in [1.29, 1.82) is 0 Å². The van der Waals surface area contributed by atoms with E-state index < -0.39 is 11.6 Å². The molecule has 2 aromatic heterocycles. The summed E-state index contributed by atoms with van der Waals surface area (Å²) in [6.45, 7) is 13.3. The highest BCUT2D eigenvalue weighted by molar-refractivity contribution is 5.89. The van der Waals surface area contributed by atoms with E-state index in [2.05, 4.69) is 25.6 Å². The molecule has 0 saturated carbocycles. The molecule has 1 aromatic carbocycles. The number of hydrogen-bond donors (Lipinski definition) is 1. The van der Waals surface area contributed by atoms with Crippen molar-refractivity contribution in [3.63, 3.8) is 0 Å². The zero-order chi connectivity index (χ0) is 27.3. The summed E-state index contributed by atoms with van der Waals surface area (Å²) in [4.78, 5) is 32.6. The summed E-state index contributed by atoms with van der Waals surface area (Å²) in [6, 6.07) is 10.5. The van der Waals surface area contributed by atoms with Crippen LogP contribution >= 0.6 is 0 Å². The third-order valence-electron chi connectivity index (χ3n) is 6.22. The van der Waals surface area contributed by atoms with Crippen LogP contribution in [0, 0.1) is 13.8 Å². The van der Waals surface area contributed by atoms with Gasteiger partial charge in [-0.1, -0.05) is 29.8 Å². The van der Waals surface area contributed by atoms with Gasteiger partial charge in [0.2, 0.25) is 17.6 Å². The molecule has 4 rings (SSSR count). The molecule has 1 N–H and O–H groups in total. The van der Waals surface area contributed by atoms with Gasteiger partial charge >= 0.3 is 0 Å². The Hall–Kier alpha value is -3.57. The van der Waals surface area contributed by atoms with Gasteiger partial charge in [-0.3, -0.25) is 14.5 Å². The van der Waals surface area contributed by atoms with Gasteiger partial charge < -0.3 is 19.4 Å². The molecule has 1 fully saturated rings. The second-order valence-corrected chi connectivity index (χ2v) is 10.6. The van der Waals surface area contributed by atoms with E-state index in [1.54, 1.807) is 11.0 Å². The molecule has 204 valence electrons. The molecule has 0 aliphatic carbocycles. The highest BCUT2D eigenvalue weighted by Gasteiger charge is 2.34. The summed E-state index contributed by atoms with van der Waals surface area (Å²) in [7, 11) is 0. The summed E-state index contributed by atoms with van der Waals surface area (Å²) < 4.78 is 11.1. The molecule has 0 radical (unpaired) electrons. The van der Waals surface area contributed by atoms with Crippen molar-refractivity contribution in [2.24, 2.45) is 0 Å². The third kappa shape index (κ3) is 7.26. The lowest BCUT2D eigenvalue weighted by Gasteiger charge is -2.35. The Balaban J connectivity index is 1.62. The minimum absolute atomic E-state index is 0.166. The second-order valence-electron chi connectivity index (χ2n) is 10.6. The van der Waals surface area contributed by atoms with E-state index in [-0.39, 0.29) is 18.4 Å². The number of furan rings is 1. The van der Waals surface area contributed by atoms with Crippen LogP contribution in [0.3, 0.4) is 0 Å². The van der Waals surface area contributed by atoms with E-state index >= 15 is 0 Å². The highest BCUT2D eigenvalue weighted by Crippen LogP contribution is 2.24. The maximum Gasteiger partial charge on any atom is 0.247 e. The van der Waals surface area contributed by atoms with Crippen LogP contribution in [0.25, 0.3) is 11.6 Å². The lowest BCUT2D eigenvalue weighted by Crippen LogP contribution is -2.52. The first-order valence-corrected chi connectivity index (χ1v) is 12.9. The fourth-order valence-electron chi connectivity index (χ4n) is 4.31. The number of amides is 2. The van der Waals surface area contributed by atoms with Gasteiger partial charge in [0.15, 0.2) is 5.76 Å².